The fourth-order valence-corrected chi connectivity index (χ4v) is 0.172. The minimum absolute atomic E-state index is 0.0187. The van der Waals surface area contributed by atoms with Crippen LogP contribution in [-0.4, -0.2) is 12.6 Å². The van der Waals surface area contributed by atoms with Gasteiger partial charge in [-0.3, -0.25) is 0 Å². The molecule has 0 aliphatic carbocycles. The van der Waals surface area contributed by atoms with Gasteiger partial charge in [0.2, 0.25) is 0 Å². The van der Waals surface area contributed by atoms with Gasteiger partial charge >= 0.3 is 5.97 Å². The van der Waals surface area contributed by atoms with E-state index in [-0.39, 0.29) is 6.61 Å². The summed E-state index contributed by atoms with van der Waals surface area (Å²) in [6.45, 7) is 26.4. The Labute approximate surface area is 132 Å². The Bertz CT molecular complexity index is 286. The van der Waals surface area contributed by atoms with Gasteiger partial charge in [0.15, 0.2) is 6.61 Å². The highest BCUT2D eigenvalue weighted by atomic mass is 16.5. The minimum Gasteiger partial charge on any atom is -0.449 e. The molecule has 0 aromatic heterocycles. The second-order valence-corrected chi connectivity index (χ2v) is 3.45. The van der Waals surface area contributed by atoms with E-state index >= 15 is 0 Å². The van der Waals surface area contributed by atoms with Crippen LogP contribution in [0.4, 0.5) is 0 Å². The molecule has 0 saturated carbocycles. The zero-order valence-electron chi connectivity index (χ0n) is 14.4. The van der Waals surface area contributed by atoms with Gasteiger partial charge in [0.1, 0.15) is 0 Å². The molecule has 120 valence electrons. The quantitative estimate of drug-likeness (QED) is 0.290. The number of hydrogen-bond acceptors (Lipinski definition) is 2. The van der Waals surface area contributed by atoms with Crippen LogP contribution in [0.2, 0.25) is 0 Å². The third-order valence-corrected chi connectivity index (χ3v) is 0.464. The van der Waals surface area contributed by atoms with Crippen molar-refractivity contribution in [2.24, 2.45) is 0 Å². The lowest BCUT2D eigenvalue weighted by molar-refractivity contribution is -0.136. The molecule has 0 fully saturated rings. The van der Waals surface area contributed by atoms with Crippen LogP contribution in [0, 0.1) is 12.3 Å². The van der Waals surface area contributed by atoms with Gasteiger partial charge in [0, 0.05) is 6.08 Å². The summed E-state index contributed by atoms with van der Waals surface area (Å²) in [5.74, 6) is 1.66. The smallest absolute Gasteiger partial charge is 0.331 e. The molecule has 0 aromatic rings. The lowest BCUT2D eigenvalue weighted by Gasteiger charge is -1.90. The molecule has 2 heteroatoms. The Hall–Kier alpha value is -2.27. The van der Waals surface area contributed by atoms with E-state index in [0.717, 1.165) is 6.08 Å². The van der Waals surface area contributed by atoms with Crippen LogP contribution in [0.3, 0.4) is 0 Å². The Morgan fingerprint density at radius 1 is 1.05 bits per heavy atom. The molecule has 0 saturated heterocycles. The van der Waals surface area contributed by atoms with E-state index < -0.39 is 5.97 Å². The van der Waals surface area contributed by atoms with Crippen LogP contribution in [0.15, 0.2) is 62.8 Å². The number of carbonyl (C=O) groups excluding carboxylic acids is 1. The fraction of sp³-hybridized carbons (Fsp3) is 0.316. The van der Waals surface area contributed by atoms with Crippen LogP contribution in [0.5, 0.6) is 0 Å². The molecular weight excluding hydrogens is 260 g/mol. The molecule has 2 nitrogen and oxygen atoms in total. The third-order valence-electron chi connectivity index (χ3n) is 0.464. The summed E-state index contributed by atoms with van der Waals surface area (Å²) in [6, 6.07) is 0. The zero-order chi connectivity index (χ0) is 18.1. The van der Waals surface area contributed by atoms with Gasteiger partial charge in [0.05, 0.1) is 0 Å². The third kappa shape index (κ3) is 315. The number of esters is 1. The average Bonchev–Trinajstić information content (AvgIpc) is 2.38. The average molecular weight is 292 g/mol. The summed E-state index contributed by atoms with van der Waals surface area (Å²) in [7, 11) is 0. The summed E-state index contributed by atoms with van der Waals surface area (Å²) in [6.07, 6.45) is 11.1. The van der Waals surface area contributed by atoms with Crippen molar-refractivity contribution in [1.82, 2.24) is 0 Å². The molecule has 0 aliphatic heterocycles. The molecule has 0 spiro atoms. The fourth-order valence-electron chi connectivity index (χ4n) is 0.172. The van der Waals surface area contributed by atoms with E-state index in [2.05, 4.69) is 43.6 Å². The van der Waals surface area contributed by atoms with Crippen LogP contribution in [0.25, 0.3) is 0 Å². The highest BCUT2D eigenvalue weighted by Gasteiger charge is 1.88. The van der Waals surface area contributed by atoms with E-state index in [1.54, 1.807) is 18.2 Å². The number of allylic oxidation sites excluding steroid dienone is 4. The lowest BCUT2D eigenvalue weighted by Crippen LogP contribution is -1.98. The van der Waals surface area contributed by atoms with E-state index in [0.29, 0.717) is 0 Å². The summed E-state index contributed by atoms with van der Waals surface area (Å²) in [5.41, 5.74) is 1.17. The molecular formula is C19H32O2. The summed E-state index contributed by atoms with van der Waals surface area (Å²) < 4.78 is 4.35. The van der Waals surface area contributed by atoms with Crippen molar-refractivity contribution in [3.05, 3.63) is 62.8 Å². The van der Waals surface area contributed by atoms with Gasteiger partial charge in [-0.15, -0.1) is 32.7 Å². The Balaban J connectivity index is -0.0000000559. The van der Waals surface area contributed by atoms with Crippen molar-refractivity contribution in [3.8, 4) is 12.3 Å². The zero-order valence-corrected chi connectivity index (χ0v) is 14.4. The molecule has 0 atom stereocenters. The maximum atomic E-state index is 10.1. The van der Waals surface area contributed by atoms with E-state index in [9.17, 15) is 4.79 Å². The second kappa shape index (κ2) is 43.1. The number of carbonyl (C=O) groups is 1. The predicted octanol–water partition coefficient (Wildman–Crippen LogP) is 5.51. The molecule has 0 aliphatic rings. The maximum absolute atomic E-state index is 10.1. The minimum atomic E-state index is -0.483. The largest absolute Gasteiger partial charge is 0.449 e. The molecule has 0 N–H and O–H groups in total. The molecule has 0 radical (unpaired) electrons. The van der Waals surface area contributed by atoms with E-state index in [4.69, 9.17) is 6.42 Å². The first-order valence-electron chi connectivity index (χ1n) is 6.35. The van der Waals surface area contributed by atoms with Gasteiger partial charge in [-0.1, -0.05) is 36.3 Å². The van der Waals surface area contributed by atoms with Gasteiger partial charge in [-0.2, -0.15) is 0 Å². The van der Waals surface area contributed by atoms with Crippen molar-refractivity contribution >= 4 is 5.97 Å². The Kier molecular flexibility index (Phi) is 64.1. The molecule has 0 bridgehead atoms. The first-order valence-corrected chi connectivity index (χ1v) is 6.35. The normalized spacial score (nSPS) is 5.71. The molecule has 0 heterocycles. The SMILES string of the molecule is C#CCOC(=O)C=C.C=C(C)C.C=CC.C=CC.C=CC. The van der Waals surface area contributed by atoms with E-state index in [1.165, 1.54) is 5.57 Å². The highest BCUT2D eigenvalue weighted by molar-refractivity contribution is 5.81. The number of ether oxygens (including phenoxy) is 1. The molecule has 0 unspecified atom stereocenters. The van der Waals surface area contributed by atoms with Gasteiger partial charge in [0.25, 0.3) is 0 Å². The van der Waals surface area contributed by atoms with Crippen molar-refractivity contribution in [3.63, 3.8) is 0 Å². The standard InChI is InChI=1S/C6H6O2.C4H8.3C3H6/c1-3-5-8-6(7)4-2;1-4(2)3;3*1-3-2/h1,4H,2,5H2;1H2,2-3H3;3*3H,1H2,2H3. The molecule has 0 aromatic carbocycles. The summed E-state index contributed by atoms with van der Waals surface area (Å²) in [4.78, 5) is 10.1. The van der Waals surface area contributed by atoms with Crippen LogP contribution < -0.4 is 0 Å². The topological polar surface area (TPSA) is 26.3 Å². The van der Waals surface area contributed by atoms with Crippen molar-refractivity contribution in [1.29, 1.82) is 0 Å². The van der Waals surface area contributed by atoms with Gasteiger partial charge < -0.3 is 4.74 Å². The highest BCUT2D eigenvalue weighted by Crippen LogP contribution is 1.75. The molecule has 21 heavy (non-hydrogen) atoms. The Morgan fingerprint density at radius 3 is 1.43 bits per heavy atom. The summed E-state index contributed by atoms with van der Waals surface area (Å²) in [5, 5.41) is 0. The van der Waals surface area contributed by atoms with Crippen molar-refractivity contribution < 1.29 is 9.53 Å². The maximum Gasteiger partial charge on any atom is 0.331 e. The van der Waals surface area contributed by atoms with Gasteiger partial charge in [-0.05, 0) is 34.6 Å². The number of hydrogen-bond donors (Lipinski definition) is 0. The van der Waals surface area contributed by atoms with Crippen molar-refractivity contribution in [2.75, 3.05) is 6.61 Å². The van der Waals surface area contributed by atoms with Gasteiger partial charge in [-0.25, -0.2) is 4.79 Å². The number of rotatable bonds is 2. The van der Waals surface area contributed by atoms with Crippen molar-refractivity contribution in [2.45, 2.75) is 34.6 Å². The second-order valence-electron chi connectivity index (χ2n) is 3.45. The first kappa shape index (κ1) is 31.2. The first-order chi connectivity index (χ1) is 9.78. The van der Waals surface area contributed by atoms with E-state index in [1.807, 2.05) is 34.6 Å². The summed E-state index contributed by atoms with van der Waals surface area (Å²) >= 11 is 0. The van der Waals surface area contributed by atoms with Crippen LogP contribution >= 0.6 is 0 Å². The lowest BCUT2D eigenvalue weighted by atomic mass is 10.4. The molecule has 0 rings (SSSR count). The monoisotopic (exact) mass is 292 g/mol. The van der Waals surface area contributed by atoms with Crippen LogP contribution in [0.1, 0.15) is 34.6 Å². The predicted molar refractivity (Wildman–Crippen MR) is 98.1 cm³/mol. The number of terminal acetylenes is 1. The van der Waals surface area contributed by atoms with Crippen LogP contribution in [-0.2, 0) is 9.53 Å². The Morgan fingerprint density at radius 2 is 1.29 bits per heavy atom. The molecule has 0 amide bonds.